The fourth-order valence-corrected chi connectivity index (χ4v) is 11.1. The molecule has 0 aromatic rings. The Balaban J connectivity index is 3.42. The van der Waals surface area contributed by atoms with E-state index in [1.807, 2.05) is 6.08 Å². The Morgan fingerprint density at radius 3 is 0.800 bits per heavy atom. The number of amides is 1. The number of carbonyl (C=O) groups is 1. The van der Waals surface area contributed by atoms with E-state index < -0.39 is 12.1 Å². The topological polar surface area (TPSA) is 69.6 Å². The van der Waals surface area contributed by atoms with Gasteiger partial charge in [-0.15, -0.1) is 0 Å². The van der Waals surface area contributed by atoms with Crippen LogP contribution in [0.2, 0.25) is 0 Å². The van der Waals surface area contributed by atoms with Crippen molar-refractivity contribution in [2.45, 2.75) is 405 Å². The number of nitrogens with one attached hydrogen (secondary N) is 1. The molecule has 2 unspecified atom stereocenters. The molecular formula is C71H137NO3. The van der Waals surface area contributed by atoms with Crippen LogP contribution in [0, 0.1) is 0 Å². The van der Waals surface area contributed by atoms with Crippen LogP contribution in [0.25, 0.3) is 0 Å². The van der Waals surface area contributed by atoms with Crippen LogP contribution < -0.4 is 5.32 Å². The summed E-state index contributed by atoms with van der Waals surface area (Å²) in [4.78, 5) is 12.5. The molecular weight excluding hydrogens is 915 g/mol. The van der Waals surface area contributed by atoms with Gasteiger partial charge in [-0.25, -0.2) is 0 Å². The smallest absolute Gasteiger partial charge is 0.220 e. The number of hydrogen-bond donors (Lipinski definition) is 3. The fourth-order valence-electron chi connectivity index (χ4n) is 11.1. The largest absolute Gasteiger partial charge is 0.394 e. The molecule has 444 valence electrons. The Hall–Kier alpha value is -1.39. The van der Waals surface area contributed by atoms with Crippen LogP contribution in [0.15, 0.2) is 36.5 Å². The monoisotopic (exact) mass is 1050 g/mol. The van der Waals surface area contributed by atoms with Crippen LogP contribution in [-0.4, -0.2) is 34.9 Å². The van der Waals surface area contributed by atoms with Crippen LogP contribution in [0.4, 0.5) is 0 Å². The number of unbranched alkanes of at least 4 members (excludes halogenated alkanes) is 54. The van der Waals surface area contributed by atoms with Crippen molar-refractivity contribution in [3.8, 4) is 0 Å². The number of aliphatic hydroxyl groups is 2. The van der Waals surface area contributed by atoms with E-state index >= 15 is 0 Å². The summed E-state index contributed by atoms with van der Waals surface area (Å²) in [7, 11) is 0. The summed E-state index contributed by atoms with van der Waals surface area (Å²) in [6, 6.07) is -0.623. The summed E-state index contributed by atoms with van der Waals surface area (Å²) in [6.07, 6.45) is 92.3. The molecule has 3 N–H and O–H groups in total. The van der Waals surface area contributed by atoms with Gasteiger partial charge in [0.25, 0.3) is 0 Å². The Morgan fingerprint density at radius 2 is 0.547 bits per heavy atom. The summed E-state index contributed by atoms with van der Waals surface area (Å²) >= 11 is 0. The first-order chi connectivity index (χ1) is 37.2. The Kier molecular flexibility index (Phi) is 65.6. The zero-order valence-electron chi connectivity index (χ0n) is 51.3. The standard InChI is InChI=1S/C71H137NO3/c1-3-5-7-9-11-13-15-17-19-21-23-25-27-29-30-31-32-33-34-35-36-37-38-39-40-41-42-43-45-47-49-51-53-55-57-59-61-63-65-67-71(75)72-69(68-73)70(74)66-64-62-60-58-56-54-52-50-48-46-44-28-26-24-22-20-18-16-14-12-10-8-6-4-2/h32-33,35-36,64,66,69-70,73-74H,3-31,34,37-63,65,67-68H2,1-2H3,(H,72,75)/b33-32-,36-35-,66-64+. The van der Waals surface area contributed by atoms with Crippen molar-refractivity contribution in [3.05, 3.63) is 36.5 Å². The molecule has 0 saturated carbocycles. The molecule has 0 saturated heterocycles. The van der Waals surface area contributed by atoms with E-state index in [0.717, 1.165) is 32.1 Å². The van der Waals surface area contributed by atoms with Crippen LogP contribution in [0.5, 0.6) is 0 Å². The Labute approximate surface area is 472 Å². The molecule has 0 aromatic carbocycles. The predicted molar refractivity (Wildman–Crippen MR) is 336 cm³/mol. The van der Waals surface area contributed by atoms with Crippen molar-refractivity contribution < 1.29 is 15.0 Å². The summed E-state index contributed by atoms with van der Waals surface area (Å²) in [5.74, 6) is -0.0570. The molecule has 2 atom stereocenters. The molecule has 0 spiro atoms. The summed E-state index contributed by atoms with van der Waals surface area (Å²) < 4.78 is 0. The molecule has 0 aromatic heterocycles. The molecule has 0 bridgehead atoms. The normalized spacial score (nSPS) is 12.9. The van der Waals surface area contributed by atoms with Gasteiger partial charge in [-0.05, 0) is 51.4 Å². The zero-order chi connectivity index (χ0) is 54.1. The fraction of sp³-hybridized carbons (Fsp3) is 0.901. The van der Waals surface area contributed by atoms with Crippen molar-refractivity contribution >= 4 is 5.91 Å². The Bertz CT molecular complexity index is 1150. The van der Waals surface area contributed by atoms with Crippen molar-refractivity contribution in [2.24, 2.45) is 0 Å². The molecule has 0 fully saturated rings. The highest BCUT2D eigenvalue weighted by molar-refractivity contribution is 5.76. The van der Waals surface area contributed by atoms with Crippen LogP contribution in [-0.2, 0) is 4.79 Å². The van der Waals surface area contributed by atoms with Gasteiger partial charge in [-0.2, -0.15) is 0 Å². The predicted octanol–water partition coefficient (Wildman–Crippen LogP) is 23.5. The van der Waals surface area contributed by atoms with E-state index in [1.165, 1.54) is 340 Å². The molecule has 0 aliphatic heterocycles. The van der Waals surface area contributed by atoms with Crippen molar-refractivity contribution in [1.29, 1.82) is 0 Å². The first-order valence-corrected chi connectivity index (χ1v) is 34.7. The third kappa shape index (κ3) is 63.3. The molecule has 0 heterocycles. The van der Waals surface area contributed by atoms with Gasteiger partial charge in [0.05, 0.1) is 18.8 Å². The lowest BCUT2D eigenvalue weighted by Gasteiger charge is -2.20. The van der Waals surface area contributed by atoms with Crippen LogP contribution >= 0.6 is 0 Å². The van der Waals surface area contributed by atoms with Gasteiger partial charge in [-0.3, -0.25) is 4.79 Å². The van der Waals surface area contributed by atoms with Gasteiger partial charge in [0.2, 0.25) is 5.91 Å². The van der Waals surface area contributed by atoms with Crippen molar-refractivity contribution in [1.82, 2.24) is 5.32 Å². The minimum Gasteiger partial charge on any atom is -0.394 e. The van der Waals surface area contributed by atoms with E-state index in [-0.39, 0.29) is 12.5 Å². The average molecular weight is 1050 g/mol. The number of hydrogen-bond acceptors (Lipinski definition) is 3. The summed E-state index contributed by atoms with van der Waals surface area (Å²) in [5.41, 5.74) is 0. The van der Waals surface area contributed by atoms with Crippen LogP contribution in [0.1, 0.15) is 393 Å². The molecule has 0 rings (SSSR count). The maximum absolute atomic E-state index is 12.5. The van der Waals surface area contributed by atoms with Gasteiger partial charge in [-0.1, -0.05) is 371 Å². The number of aliphatic hydroxyl groups excluding tert-OH is 2. The Morgan fingerprint density at radius 1 is 0.320 bits per heavy atom. The lowest BCUT2D eigenvalue weighted by Crippen LogP contribution is -2.45. The van der Waals surface area contributed by atoms with Gasteiger partial charge in [0, 0.05) is 6.42 Å². The van der Waals surface area contributed by atoms with E-state index in [9.17, 15) is 15.0 Å². The molecule has 0 aliphatic rings. The molecule has 0 radical (unpaired) electrons. The van der Waals surface area contributed by atoms with Gasteiger partial charge in [0.1, 0.15) is 0 Å². The highest BCUT2D eigenvalue weighted by Gasteiger charge is 2.18. The third-order valence-electron chi connectivity index (χ3n) is 16.4. The zero-order valence-corrected chi connectivity index (χ0v) is 51.3. The molecule has 0 aliphatic carbocycles. The lowest BCUT2D eigenvalue weighted by molar-refractivity contribution is -0.123. The average Bonchev–Trinajstić information content (AvgIpc) is 3.41. The molecule has 4 heteroatoms. The van der Waals surface area contributed by atoms with Crippen LogP contribution in [0.3, 0.4) is 0 Å². The van der Waals surface area contributed by atoms with Crippen molar-refractivity contribution in [2.75, 3.05) is 6.61 Å². The third-order valence-corrected chi connectivity index (χ3v) is 16.4. The van der Waals surface area contributed by atoms with E-state index in [0.29, 0.717) is 6.42 Å². The highest BCUT2D eigenvalue weighted by atomic mass is 16.3. The minimum absolute atomic E-state index is 0.0570. The number of rotatable bonds is 65. The van der Waals surface area contributed by atoms with Gasteiger partial charge >= 0.3 is 0 Å². The van der Waals surface area contributed by atoms with Crippen molar-refractivity contribution in [3.63, 3.8) is 0 Å². The maximum Gasteiger partial charge on any atom is 0.220 e. The summed E-state index contributed by atoms with van der Waals surface area (Å²) in [5, 5.41) is 23.3. The summed E-state index contributed by atoms with van der Waals surface area (Å²) in [6.45, 7) is 4.36. The van der Waals surface area contributed by atoms with E-state index in [2.05, 4.69) is 43.5 Å². The molecule has 75 heavy (non-hydrogen) atoms. The second-order valence-electron chi connectivity index (χ2n) is 24.0. The van der Waals surface area contributed by atoms with Gasteiger partial charge < -0.3 is 15.5 Å². The second kappa shape index (κ2) is 66.9. The SMILES string of the molecule is CCCCCCCCCCCCCCCCC/C=C\C/C=C\CCCCCCCCCCCCCCCCCCCC(=O)NC(CO)C(O)/C=C/CCCCCCCCCCCCCCCCCCCCCCCC. The highest BCUT2D eigenvalue weighted by Crippen LogP contribution is 2.19. The second-order valence-corrected chi connectivity index (χ2v) is 24.0. The molecule has 4 nitrogen and oxygen atoms in total. The number of allylic oxidation sites excluding steroid dienone is 5. The first kappa shape index (κ1) is 73.6. The quantitative estimate of drug-likeness (QED) is 0.0420. The first-order valence-electron chi connectivity index (χ1n) is 34.7. The van der Waals surface area contributed by atoms with E-state index in [1.54, 1.807) is 6.08 Å². The minimum atomic E-state index is -0.840. The van der Waals surface area contributed by atoms with E-state index in [4.69, 9.17) is 0 Å². The van der Waals surface area contributed by atoms with Gasteiger partial charge in [0.15, 0.2) is 0 Å². The lowest BCUT2D eigenvalue weighted by atomic mass is 10.0. The maximum atomic E-state index is 12.5. The molecule has 1 amide bonds. The number of carbonyl (C=O) groups excluding carboxylic acids is 1.